The summed E-state index contributed by atoms with van der Waals surface area (Å²) in [6.07, 6.45) is 1.80. The van der Waals surface area contributed by atoms with Crippen molar-refractivity contribution in [2.45, 2.75) is 4.90 Å². The van der Waals surface area contributed by atoms with Crippen molar-refractivity contribution in [1.82, 2.24) is 4.98 Å². The number of para-hydroxylation sites is 1. The number of aromatic amines is 1. The highest BCUT2D eigenvalue weighted by atomic mass is 32.2. The molecule has 0 amide bonds. The highest BCUT2D eigenvalue weighted by molar-refractivity contribution is 7.91. The lowest BCUT2D eigenvalue weighted by Crippen LogP contribution is -1.97. The van der Waals surface area contributed by atoms with Crippen LogP contribution >= 0.6 is 0 Å². The Morgan fingerprint density at radius 2 is 2.07 bits per heavy atom. The minimum absolute atomic E-state index is 0.216. The molecule has 0 saturated carbocycles. The Morgan fingerprint density at radius 1 is 1.33 bits per heavy atom. The number of aromatic nitrogens is 1. The maximum atomic E-state index is 11.4. The first-order valence-electron chi connectivity index (χ1n) is 4.29. The third-order valence-corrected chi connectivity index (χ3v) is 3.30. The molecule has 15 heavy (non-hydrogen) atoms. The first-order valence-corrected chi connectivity index (χ1v) is 6.18. The fourth-order valence-corrected chi connectivity index (χ4v) is 2.39. The molecule has 4 nitrogen and oxygen atoms in total. The molecule has 1 N–H and O–H groups in total. The van der Waals surface area contributed by atoms with E-state index in [2.05, 4.69) is 4.98 Å². The molecule has 0 unspecified atom stereocenters. The van der Waals surface area contributed by atoms with E-state index in [0.29, 0.717) is 17.5 Å². The number of hydrogen-bond acceptors (Lipinski definition) is 3. The molecule has 2 rings (SSSR count). The lowest BCUT2D eigenvalue weighted by atomic mass is 10.2. The third-order valence-electron chi connectivity index (χ3n) is 2.17. The van der Waals surface area contributed by atoms with Crippen LogP contribution < -0.4 is 0 Å². The molecule has 0 aliphatic heterocycles. The van der Waals surface area contributed by atoms with Crippen LogP contribution in [-0.2, 0) is 9.84 Å². The van der Waals surface area contributed by atoms with E-state index < -0.39 is 9.84 Å². The van der Waals surface area contributed by atoms with Gasteiger partial charge in [-0.2, -0.15) is 0 Å². The summed E-state index contributed by atoms with van der Waals surface area (Å²) in [4.78, 5) is 13.5. The number of H-pyrrole nitrogens is 1. The first kappa shape index (κ1) is 9.92. The van der Waals surface area contributed by atoms with E-state index in [1.165, 1.54) is 6.07 Å². The summed E-state index contributed by atoms with van der Waals surface area (Å²) in [5, 5.41) is 0.722. The van der Waals surface area contributed by atoms with E-state index in [1.54, 1.807) is 18.2 Å². The number of hydrogen-bond donors (Lipinski definition) is 1. The maximum Gasteiger partial charge on any atom is 0.177 e. The largest absolute Gasteiger partial charge is 0.351 e. The van der Waals surface area contributed by atoms with Gasteiger partial charge in [-0.15, -0.1) is 0 Å². The smallest absolute Gasteiger partial charge is 0.177 e. The predicted molar refractivity (Wildman–Crippen MR) is 56.8 cm³/mol. The van der Waals surface area contributed by atoms with Gasteiger partial charge >= 0.3 is 0 Å². The quantitative estimate of drug-likeness (QED) is 0.782. The van der Waals surface area contributed by atoms with E-state index in [4.69, 9.17) is 0 Å². The summed E-state index contributed by atoms with van der Waals surface area (Å²) in [6.45, 7) is 0. The lowest BCUT2D eigenvalue weighted by Gasteiger charge is -1.99. The van der Waals surface area contributed by atoms with E-state index >= 15 is 0 Å². The Kier molecular flexibility index (Phi) is 2.12. The Bertz CT molecular complexity index is 625. The van der Waals surface area contributed by atoms with Gasteiger partial charge in [0.2, 0.25) is 0 Å². The van der Waals surface area contributed by atoms with Gasteiger partial charge < -0.3 is 4.98 Å². The van der Waals surface area contributed by atoms with Gasteiger partial charge in [-0.1, -0.05) is 12.1 Å². The molecule has 1 aromatic heterocycles. The fourth-order valence-electron chi connectivity index (χ4n) is 1.52. The Hall–Kier alpha value is -1.62. The third kappa shape index (κ3) is 1.66. The Morgan fingerprint density at radius 3 is 2.67 bits per heavy atom. The van der Waals surface area contributed by atoms with Gasteiger partial charge in [0, 0.05) is 11.6 Å². The highest BCUT2D eigenvalue weighted by Gasteiger charge is 2.13. The van der Waals surface area contributed by atoms with E-state index in [-0.39, 0.29) is 4.90 Å². The maximum absolute atomic E-state index is 11.4. The zero-order valence-corrected chi connectivity index (χ0v) is 8.84. The number of nitrogens with one attached hydrogen (secondary N) is 1. The van der Waals surface area contributed by atoms with Gasteiger partial charge in [-0.3, -0.25) is 4.79 Å². The van der Waals surface area contributed by atoms with Crippen LogP contribution in [0.3, 0.4) is 0 Å². The molecule has 0 aliphatic rings. The minimum Gasteiger partial charge on any atom is -0.351 e. The zero-order valence-electron chi connectivity index (χ0n) is 8.02. The van der Waals surface area contributed by atoms with Gasteiger partial charge in [0.15, 0.2) is 16.1 Å². The second-order valence-corrected chi connectivity index (χ2v) is 5.32. The summed E-state index contributed by atoms with van der Waals surface area (Å²) in [5.74, 6) is 0. The molecule has 0 saturated heterocycles. The van der Waals surface area contributed by atoms with E-state index in [0.717, 1.165) is 11.6 Å². The number of carbonyl (C=O) groups is 1. The van der Waals surface area contributed by atoms with Crippen LogP contribution in [0.25, 0.3) is 10.9 Å². The molecular weight excluding hydrogens is 214 g/mol. The second-order valence-electron chi connectivity index (χ2n) is 3.34. The number of carbonyl (C=O) groups excluding carboxylic acids is 1. The van der Waals surface area contributed by atoms with Gasteiger partial charge in [-0.05, 0) is 12.1 Å². The van der Waals surface area contributed by atoms with Gasteiger partial charge in [0.1, 0.15) is 0 Å². The van der Waals surface area contributed by atoms with Crippen LogP contribution in [0.4, 0.5) is 0 Å². The van der Waals surface area contributed by atoms with Gasteiger partial charge in [-0.25, -0.2) is 8.42 Å². The van der Waals surface area contributed by atoms with Crippen LogP contribution in [0, 0.1) is 0 Å². The van der Waals surface area contributed by atoms with Crippen molar-refractivity contribution in [3.63, 3.8) is 0 Å². The molecule has 0 atom stereocenters. The van der Waals surface area contributed by atoms with Crippen LogP contribution in [-0.4, -0.2) is 25.9 Å². The SMILES string of the molecule is CS(=O)(=O)c1cccc2cc(C=O)[nH]c12. The van der Waals surface area contributed by atoms with Crippen molar-refractivity contribution >= 4 is 27.0 Å². The van der Waals surface area contributed by atoms with Crippen molar-refractivity contribution in [3.05, 3.63) is 30.0 Å². The van der Waals surface area contributed by atoms with Gasteiger partial charge in [0.25, 0.3) is 0 Å². The van der Waals surface area contributed by atoms with Crippen molar-refractivity contribution in [2.75, 3.05) is 6.26 Å². The molecule has 0 fully saturated rings. The van der Waals surface area contributed by atoms with E-state index in [1.807, 2.05) is 0 Å². The average Bonchev–Trinajstić information content (AvgIpc) is 2.57. The monoisotopic (exact) mass is 223 g/mol. The van der Waals surface area contributed by atoms with Crippen molar-refractivity contribution in [2.24, 2.45) is 0 Å². The first-order chi connectivity index (χ1) is 7.02. The highest BCUT2D eigenvalue weighted by Crippen LogP contribution is 2.22. The average molecular weight is 223 g/mol. The standard InChI is InChI=1S/C10H9NO3S/c1-15(13,14)9-4-2-3-7-5-8(6-12)11-10(7)9/h2-6,11H,1H3. The zero-order chi connectivity index (χ0) is 11.1. The molecule has 1 aromatic carbocycles. The summed E-state index contributed by atoms with van der Waals surface area (Å²) >= 11 is 0. The molecule has 0 radical (unpaired) electrons. The van der Waals surface area contributed by atoms with Crippen LogP contribution in [0.15, 0.2) is 29.2 Å². The molecule has 0 bridgehead atoms. The normalized spacial score (nSPS) is 11.8. The molecule has 2 aromatic rings. The molecule has 0 aliphatic carbocycles. The molecule has 5 heteroatoms. The predicted octanol–water partition coefficient (Wildman–Crippen LogP) is 1.38. The van der Waals surface area contributed by atoms with E-state index in [9.17, 15) is 13.2 Å². The number of fused-ring (bicyclic) bond motifs is 1. The number of aldehydes is 1. The summed E-state index contributed by atoms with van der Waals surface area (Å²) < 4.78 is 22.9. The molecule has 78 valence electrons. The topological polar surface area (TPSA) is 67.0 Å². The number of sulfone groups is 1. The number of rotatable bonds is 2. The van der Waals surface area contributed by atoms with Crippen molar-refractivity contribution in [1.29, 1.82) is 0 Å². The lowest BCUT2D eigenvalue weighted by molar-refractivity contribution is 0.111. The second kappa shape index (κ2) is 3.20. The molecule has 1 heterocycles. The van der Waals surface area contributed by atoms with Crippen LogP contribution in [0.2, 0.25) is 0 Å². The van der Waals surface area contributed by atoms with Crippen molar-refractivity contribution in [3.8, 4) is 0 Å². The fraction of sp³-hybridized carbons (Fsp3) is 0.100. The van der Waals surface area contributed by atoms with Crippen LogP contribution in [0.5, 0.6) is 0 Å². The molecule has 0 spiro atoms. The summed E-state index contributed by atoms with van der Waals surface area (Å²) in [6, 6.07) is 6.55. The molecular formula is C10H9NO3S. The minimum atomic E-state index is -3.27. The summed E-state index contributed by atoms with van der Waals surface area (Å²) in [7, 11) is -3.27. The Balaban J connectivity index is 2.87. The van der Waals surface area contributed by atoms with Crippen LogP contribution in [0.1, 0.15) is 10.5 Å². The van der Waals surface area contributed by atoms with Gasteiger partial charge in [0.05, 0.1) is 16.1 Å². The summed E-state index contributed by atoms with van der Waals surface area (Å²) in [5.41, 5.74) is 0.864. The number of benzene rings is 1. The van der Waals surface area contributed by atoms with Crippen molar-refractivity contribution < 1.29 is 13.2 Å². The Labute approximate surface area is 86.8 Å².